The van der Waals surface area contributed by atoms with Crippen molar-refractivity contribution in [1.29, 1.82) is 0 Å². The molecule has 1 aromatic heterocycles. The van der Waals surface area contributed by atoms with Gasteiger partial charge < -0.3 is 4.42 Å². The highest BCUT2D eigenvalue weighted by atomic mass is 16.3. The smallest absolute Gasteiger partial charge is 0.215 e. The van der Waals surface area contributed by atoms with Crippen LogP contribution in [0.25, 0.3) is 11.3 Å². The van der Waals surface area contributed by atoms with E-state index in [4.69, 9.17) is 9.41 Å². The zero-order valence-electron chi connectivity index (χ0n) is 17.1. The van der Waals surface area contributed by atoms with Crippen LogP contribution in [-0.4, -0.2) is 18.0 Å². The van der Waals surface area contributed by atoms with Crippen molar-refractivity contribution in [1.82, 2.24) is 0 Å². The Morgan fingerprint density at radius 3 is 2.74 bits per heavy atom. The molecule has 0 spiro atoms. The molecule has 0 saturated carbocycles. The number of nitrogens with zero attached hydrogens (tertiary/aromatic N) is 1. The van der Waals surface area contributed by atoms with Crippen molar-refractivity contribution in [3.05, 3.63) is 46.2 Å². The van der Waals surface area contributed by atoms with Gasteiger partial charge in [-0.3, -0.25) is 9.79 Å². The summed E-state index contributed by atoms with van der Waals surface area (Å²) in [5, 5.41) is 0. The highest BCUT2D eigenvalue weighted by molar-refractivity contribution is 6.55. The van der Waals surface area contributed by atoms with Crippen LogP contribution in [0.1, 0.15) is 79.6 Å². The Balaban J connectivity index is 1.96. The molecule has 0 bridgehead atoms. The van der Waals surface area contributed by atoms with Crippen molar-refractivity contribution in [3.63, 3.8) is 0 Å². The Labute approximate surface area is 161 Å². The minimum atomic E-state index is 0.0317. The molecule has 0 amide bonds. The summed E-state index contributed by atoms with van der Waals surface area (Å²) < 4.78 is 5.84. The Morgan fingerprint density at radius 2 is 2.00 bits per heavy atom. The zero-order chi connectivity index (χ0) is 19.3. The molecule has 4 rings (SSSR count). The van der Waals surface area contributed by atoms with Crippen molar-refractivity contribution in [3.8, 4) is 11.3 Å². The van der Waals surface area contributed by atoms with Gasteiger partial charge in [0.2, 0.25) is 5.78 Å². The van der Waals surface area contributed by atoms with Crippen molar-refractivity contribution in [2.75, 3.05) is 6.54 Å². The zero-order valence-corrected chi connectivity index (χ0v) is 17.1. The van der Waals surface area contributed by atoms with E-state index in [9.17, 15) is 4.79 Å². The standard InChI is InChI=1S/C24H29NO2/c1-14(2)10-12-25-21-20-16-7-6-11-24(4,5)18(16)9-8-17(20)23-19(22(21)26)15(3)13-27-23/h8-9,13-14H,6-7,10-12H2,1-5H3. The van der Waals surface area contributed by atoms with Crippen LogP contribution in [0.2, 0.25) is 0 Å². The average Bonchev–Trinajstić information content (AvgIpc) is 2.99. The third kappa shape index (κ3) is 2.88. The fraction of sp³-hybridized carbons (Fsp3) is 0.500. The van der Waals surface area contributed by atoms with E-state index in [-0.39, 0.29) is 11.2 Å². The van der Waals surface area contributed by atoms with Gasteiger partial charge in [-0.25, -0.2) is 0 Å². The molecule has 0 radical (unpaired) electrons. The largest absolute Gasteiger partial charge is 0.463 e. The number of hydrogen-bond acceptors (Lipinski definition) is 3. The maximum Gasteiger partial charge on any atom is 0.215 e. The molecule has 2 aromatic rings. The predicted molar refractivity (Wildman–Crippen MR) is 110 cm³/mol. The first-order valence-corrected chi connectivity index (χ1v) is 10.2. The van der Waals surface area contributed by atoms with Gasteiger partial charge in [-0.2, -0.15) is 0 Å². The molecule has 27 heavy (non-hydrogen) atoms. The summed E-state index contributed by atoms with van der Waals surface area (Å²) in [5.41, 5.74) is 7.12. The van der Waals surface area contributed by atoms with Crippen LogP contribution in [0, 0.1) is 12.8 Å². The lowest BCUT2D eigenvalue weighted by molar-refractivity contribution is 0.106. The number of carbonyl (C=O) groups excluding carboxylic acids is 1. The summed E-state index contributed by atoms with van der Waals surface area (Å²) in [4.78, 5) is 18.2. The van der Waals surface area contributed by atoms with Gasteiger partial charge in [-0.05, 0) is 60.6 Å². The highest BCUT2D eigenvalue weighted by Gasteiger charge is 2.38. The lowest BCUT2D eigenvalue weighted by Gasteiger charge is -2.35. The number of ketones is 1. The summed E-state index contributed by atoms with van der Waals surface area (Å²) in [6.45, 7) is 11.6. The highest BCUT2D eigenvalue weighted by Crippen LogP contribution is 2.45. The summed E-state index contributed by atoms with van der Waals surface area (Å²) >= 11 is 0. The number of rotatable bonds is 3. The predicted octanol–water partition coefficient (Wildman–Crippen LogP) is 5.90. The van der Waals surface area contributed by atoms with E-state index >= 15 is 0 Å². The SMILES string of the molecule is Cc1coc2c1C(=O)C(=NCCC(C)C)c1c-2ccc2c1CCCC2(C)C. The number of fused-ring (bicyclic) bond motifs is 5. The first-order valence-electron chi connectivity index (χ1n) is 10.2. The van der Waals surface area contributed by atoms with E-state index < -0.39 is 0 Å². The van der Waals surface area contributed by atoms with Crippen LogP contribution in [0.3, 0.4) is 0 Å². The summed E-state index contributed by atoms with van der Waals surface area (Å²) in [6.07, 6.45) is 6.02. The lowest BCUT2D eigenvalue weighted by atomic mass is 9.69. The second-order valence-corrected chi connectivity index (χ2v) is 9.12. The molecule has 0 saturated heterocycles. The van der Waals surface area contributed by atoms with Gasteiger partial charge in [0.25, 0.3) is 0 Å². The number of hydrogen-bond donors (Lipinski definition) is 0. The molecule has 1 heterocycles. The number of furan rings is 1. The second-order valence-electron chi connectivity index (χ2n) is 9.12. The third-order valence-electron chi connectivity index (χ3n) is 6.15. The third-order valence-corrected chi connectivity index (χ3v) is 6.15. The first kappa shape index (κ1) is 18.2. The fourth-order valence-corrected chi connectivity index (χ4v) is 4.58. The van der Waals surface area contributed by atoms with Crippen molar-refractivity contribution in [2.45, 2.75) is 65.7 Å². The Kier molecular flexibility index (Phi) is 4.37. The Hall–Kier alpha value is -2.16. The van der Waals surface area contributed by atoms with E-state index in [1.54, 1.807) is 6.26 Å². The maximum absolute atomic E-state index is 13.4. The van der Waals surface area contributed by atoms with Gasteiger partial charge in [0.15, 0.2) is 0 Å². The molecule has 2 aliphatic rings. The number of aryl methyl sites for hydroxylation is 1. The van der Waals surface area contributed by atoms with Crippen LogP contribution in [0.15, 0.2) is 27.8 Å². The van der Waals surface area contributed by atoms with Crippen LogP contribution in [0.5, 0.6) is 0 Å². The monoisotopic (exact) mass is 363 g/mol. The van der Waals surface area contributed by atoms with Gasteiger partial charge >= 0.3 is 0 Å². The van der Waals surface area contributed by atoms with Gasteiger partial charge in [-0.1, -0.05) is 39.8 Å². The molecule has 3 nitrogen and oxygen atoms in total. The molecule has 0 N–H and O–H groups in total. The molecule has 1 aromatic carbocycles. The molecule has 0 unspecified atom stereocenters. The van der Waals surface area contributed by atoms with Crippen molar-refractivity contribution >= 4 is 11.5 Å². The van der Waals surface area contributed by atoms with E-state index in [0.717, 1.165) is 41.7 Å². The quantitative estimate of drug-likeness (QED) is 0.681. The van der Waals surface area contributed by atoms with Crippen LogP contribution >= 0.6 is 0 Å². The van der Waals surface area contributed by atoms with Crippen LogP contribution in [0.4, 0.5) is 0 Å². The molecule has 142 valence electrons. The maximum atomic E-state index is 13.4. The minimum absolute atomic E-state index is 0.0317. The number of aliphatic imine (C=N–C) groups is 1. The lowest BCUT2D eigenvalue weighted by Crippen LogP contribution is -2.30. The molecule has 0 atom stereocenters. The van der Waals surface area contributed by atoms with E-state index in [1.807, 2.05) is 6.92 Å². The molecule has 0 aliphatic heterocycles. The van der Waals surface area contributed by atoms with Crippen LogP contribution < -0.4 is 0 Å². The second kappa shape index (κ2) is 6.47. The minimum Gasteiger partial charge on any atom is -0.463 e. The van der Waals surface area contributed by atoms with Crippen molar-refractivity contribution in [2.24, 2.45) is 10.9 Å². The average molecular weight is 364 g/mol. The molecular weight excluding hydrogens is 334 g/mol. The Morgan fingerprint density at radius 1 is 1.22 bits per heavy atom. The molecule has 0 fully saturated rings. The van der Waals surface area contributed by atoms with Gasteiger partial charge in [0, 0.05) is 17.7 Å². The molecule has 2 aliphatic carbocycles. The van der Waals surface area contributed by atoms with Gasteiger partial charge in [0.05, 0.1) is 11.8 Å². The van der Waals surface area contributed by atoms with E-state index in [2.05, 4.69) is 39.8 Å². The molecular formula is C24H29NO2. The topological polar surface area (TPSA) is 42.6 Å². The first-order chi connectivity index (χ1) is 12.8. The van der Waals surface area contributed by atoms with Gasteiger partial charge in [0.1, 0.15) is 11.5 Å². The number of Topliss-reactive ketones (excluding diaryl/α,β-unsaturated/α-hetero) is 1. The summed E-state index contributed by atoms with van der Waals surface area (Å²) in [6, 6.07) is 4.39. The number of benzene rings is 1. The fourth-order valence-electron chi connectivity index (χ4n) is 4.58. The summed E-state index contributed by atoms with van der Waals surface area (Å²) in [7, 11) is 0. The number of carbonyl (C=O) groups is 1. The van der Waals surface area contributed by atoms with E-state index in [1.165, 1.54) is 17.5 Å². The van der Waals surface area contributed by atoms with Crippen LogP contribution in [-0.2, 0) is 11.8 Å². The van der Waals surface area contributed by atoms with Gasteiger partial charge in [-0.15, -0.1) is 0 Å². The van der Waals surface area contributed by atoms with Crippen molar-refractivity contribution < 1.29 is 9.21 Å². The molecule has 3 heteroatoms. The Bertz CT molecular complexity index is 944. The normalized spacial score (nSPS) is 19.2. The van der Waals surface area contributed by atoms with E-state index in [0.29, 0.717) is 23.7 Å². The summed E-state index contributed by atoms with van der Waals surface area (Å²) in [5.74, 6) is 1.33.